The Balaban J connectivity index is 2.53. The van der Waals surface area contributed by atoms with Crippen LogP contribution in [0.5, 0.6) is 0 Å². The van der Waals surface area contributed by atoms with Crippen LogP contribution in [-0.4, -0.2) is 6.04 Å². The minimum atomic E-state index is -0.371. The lowest BCUT2D eigenvalue weighted by atomic mass is 10.1. The minimum Gasteiger partial charge on any atom is -0.383 e. The monoisotopic (exact) mass is 229 g/mol. The standard InChI is InChI=1S/C12H17ClFN/c1-3-4-5-9(2)15-10-6-7-11(13)12(14)8-10/h6-9,15H,3-5H2,1-2H3. The van der Waals surface area contributed by atoms with Gasteiger partial charge in [0.15, 0.2) is 0 Å². The third-order valence-electron chi connectivity index (χ3n) is 2.32. The molecule has 0 aliphatic heterocycles. The topological polar surface area (TPSA) is 12.0 Å². The summed E-state index contributed by atoms with van der Waals surface area (Å²) < 4.78 is 13.1. The molecule has 0 saturated carbocycles. The first-order chi connectivity index (χ1) is 7.13. The molecule has 0 fully saturated rings. The van der Waals surface area contributed by atoms with Gasteiger partial charge in [-0.2, -0.15) is 0 Å². The summed E-state index contributed by atoms with van der Waals surface area (Å²) in [5.41, 5.74) is 0.792. The number of hydrogen-bond donors (Lipinski definition) is 1. The van der Waals surface area contributed by atoms with Gasteiger partial charge in [-0.15, -0.1) is 0 Å². The zero-order valence-corrected chi connectivity index (χ0v) is 9.94. The second-order valence-electron chi connectivity index (χ2n) is 3.82. The number of benzene rings is 1. The molecule has 1 N–H and O–H groups in total. The van der Waals surface area contributed by atoms with Gasteiger partial charge in [-0.3, -0.25) is 0 Å². The number of halogens is 2. The highest BCUT2D eigenvalue weighted by molar-refractivity contribution is 6.30. The first-order valence-electron chi connectivity index (χ1n) is 5.35. The van der Waals surface area contributed by atoms with Gasteiger partial charge >= 0.3 is 0 Å². The molecule has 84 valence electrons. The van der Waals surface area contributed by atoms with E-state index >= 15 is 0 Å². The fourth-order valence-corrected chi connectivity index (χ4v) is 1.57. The average Bonchev–Trinajstić information content (AvgIpc) is 2.20. The Morgan fingerprint density at radius 2 is 2.20 bits per heavy atom. The molecule has 0 saturated heterocycles. The van der Waals surface area contributed by atoms with E-state index in [-0.39, 0.29) is 10.8 Å². The number of rotatable bonds is 5. The van der Waals surface area contributed by atoms with Crippen LogP contribution in [0.2, 0.25) is 5.02 Å². The molecule has 0 amide bonds. The molecule has 3 heteroatoms. The number of unbranched alkanes of at least 4 members (excludes halogenated alkanes) is 1. The Morgan fingerprint density at radius 1 is 1.47 bits per heavy atom. The maximum Gasteiger partial charge on any atom is 0.143 e. The molecule has 1 atom stereocenters. The van der Waals surface area contributed by atoms with Gasteiger partial charge < -0.3 is 5.32 Å². The van der Waals surface area contributed by atoms with Crippen molar-refractivity contribution in [2.24, 2.45) is 0 Å². The molecule has 1 unspecified atom stereocenters. The summed E-state index contributed by atoms with van der Waals surface area (Å²) in [5.74, 6) is -0.371. The Labute approximate surface area is 95.6 Å². The highest BCUT2D eigenvalue weighted by Crippen LogP contribution is 2.19. The quantitative estimate of drug-likeness (QED) is 0.786. The third kappa shape index (κ3) is 4.08. The molecule has 1 rings (SSSR count). The normalized spacial score (nSPS) is 12.5. The number of nitrogens with one attached hydrogen (secondary N) is 1. The van der Waals surface area contributed by atoms with Crippen LogP contribution in [0.1, 0.15) is 33.1 Å². The van der Waals surface area contributed by atoms with Crippen molar-refractivity contribution >= 4 is 17.3 Å². The second kappa shape index (κ2) is 5.96. The van der Waals surface area contributed by atoms with E-state index in [2.05, 4.69) is 19.2 Å². The van der Waals surface area contributed by atoms with Crippen molar-refractivity contribution in [2.45, 2.75) is 39.2 Å². The molecule has 1 aromatic carbocycles. The molecular formula is C12H17ClFN. The summed E-state index contributed by atoms with van der Waals surface area (Å²) in [4.78, 5) is 0. The van der Waals surface area contributed by atoms with Crippen molar-refractivity contribution in [1.82, 2.24) is 0 Å². The summed E-state index contributed by atoms with van der Waals surface area (Å²) in [6.07, 6.45) is 3.46. The molecule has 1 aromatic rings. The molecule has 15 heavy (non-hydrogen) atoms. The number of anilines is 1. The van der Waals surface area contributed by atoms with Crippen LogP contribution >= 0.6 is 11.6 Å². The van der Waals surface area contributed by atoms with Gasteiger partial charge in [-0.1, -0.05) is 31.4 Å². The summed E-state index contributed by atoms with van der Waals surface area (Å²) in [6.45, 7) is 4.26. The van der Waals surface area contributed by atoms with E-state index in [1.165, 1.54) is 18.9 Å². The zero-order chi connectivity index (χ0) is 11.3. The Bertz CT molecular complexity index is 314. The highest BCUT2D eigenvalue weighted by Gasteiger charge is 2.04. The van der Waals surface area contributed by atoms with Crippen molar-refractivity contribution in [1.29, 1.82) is 0 Å². The van der Waals surface area contributed by atoms with Crippen LogP contribution in [-0.2, 0) is 0 Å². The van der Waals surface area contributed by atoms with Gasteiger partial charge in [-0.25, -0.2) is 4.39 Å². The van der Waals surface area contributed by atoms with Gasteiger partial charge in [-0.05, 0) is 31.5 Å². The third-order valence-corrected chi connectivity index (χ3v) is 2.63. The molecule has 0 bridgehead atoms. The summed E-state index contributed by atoms with van der Waals surface area (Å²) >= 11 is 5.60. The molecule has 0 radical (unpaired) electrons. The smallest absolute Gasteiger partial charge is 0.143 e. The lowest BCUT2D eigenvalue weighted by Crippen LogP contribution is -2.14. The SMILES string of the molecule is CCCCC(C)Nc1ccc(Cl)c(F)c1. The van der Waals surface area contributed by atoms with Crippen molar-refractivity contribution < 1.29 is 4.39 Å². The minimum absolute atomic E-state index is 0.168. The van der Waals surface area contributed by atoms with Gasteiger partial charge in [0.1, 0.15) is 5.82 Å². The molecular weight excluding hydrogens is 213 g/mol. The lowest BCUT2D eigenvalue weighted by molar-refractivity contribution is 0.625. The maximum absolute atomic E-state index is 13.1. The summed E-state index contributed by atoms with van der Waals surface area (Å²) in [5, 5.41) is 3.41. The maximum atomic E-state index is 13.1. The molecule has 0 heterocycles. The van der Waals surface area contributed by atoms with E-state index in [4.69, 9.17) is 11.6 Å². The second-order valence-corrected chi connectivity index (χ2v) is 4.22. The molecule has 0 aliphatic rings. The van der Waals surface area contributed by atoms with Crippen LogP contribution in [0.25, 0.3) is 0 Å². The average molecular weight is 230 g/mol. The van der Waals surface area contributed by atoms with Gasteiger partial charge in [0, 0.05) is 11.7 Å². The fourth-order valence-electron chi connectivity index (χ4n) is 1.45. The van der Waals surface area contributed by atoms with Crippen LogP contribution < -0.4 is 5.32 Å². The molecule has 1 nitrogen and oxygen atoms in total. The molecule has 0 aromatic heterocycles. The highest BCUT2D eigenvalue weighted by atomic mass is 35.5. The van der Waals surface area contributed by atoms with Crippen molar-refractivity contribution in [2.75, 3.05) is 5.32 Å². The van der Waals surface area contributed by atoms with E-state index < -0.39 is 0 Å². The van der Waals surface area contributed by atoms with E-state index in [1.807, 2.05) is 0 Å². The Kier molecular flexibility index (Phi) is 4.89. The summed E-state index contributed by atoms with van der Waals surface area (Å²) in [7, 11) is 0. The van der Waals surface area contributed by atoms with Crippen LogP contribution in [0.3, 0.4) is 0 Å². The van der Waals surface area contributed by atoms with Crippen molar-refractivity contribution in [3.8, 4) is 0 Å². The molecule has 0 spiro atoms. The predicted molar refractivity (Wildman–Crippen MR) is 64.0 cm³/mol. The Morgan fingerprint density at radius 3 is 2.80 bits per heavy atom. The zero-order valence-electron chi connectivity index (χ0n) is 9.19. The van der Waals surface area contributed by atoms with E-state index in [0.29, 0.717) is 6.04 Å². The van der Waals surface area contributed by atoms with Crippen molar-refractivity contribution in [3.05, 3.63) is 29.0 Å². The van der Waals surface area contributed by atoms with Gasteiger partial charge in [0.25, 0.3) is 0 Å². The van der Waals surface area contributed by atoms with E-state index in [9.17, 15) is 4.39 Å². The first kappa shape index (κ1) is 12.3. The number of hydrogen-bond acceptors (Lipinski definition) is 1. The fraction of sp³-hybridized carbons (Fsp3) is 0.500. The predicted octanol–water partition coefficient (Wildman–Crippen LogP) is 4.47. The van der Waals surface area contributed by atoms with Gasteiger partial charge in [0.2, 0.25) is 0 Å². The summed E-state index contributed by atoms with van der Waals surface area (Å²) in [6, 6.07) is 5.18. The largest absolute Gasteiger partial charge is 0.383 e. The lowest BCUT2D eigenvalue weighted by Gasteiger charge is -2.14. The van der Waals surface area contributed by atoms with Crippen molar-refractivity contribution in [3.63, 3.8) is 0 Å². The Hall–Kier alpha value is -0.760. The van der Waals surface area contributed by atoms with E-state index in [0.717, 1.165) is 12.1 Å². The van der Waals surface area contributed by atoms with Gasteiger partial charge in [0.05, 0.1) is 5.02 Å². The van der Waals surface area contributed by atoms with Crippen LogP contribution in [0, 0.1) is 5.82 Å². The van der Waals surface area contributed by atoms with Crippen LogP contribution in [0.4, 0.5) is 10.1 Å². The first-order valence-corrected chi connectivity index (χ1v) is 5.73. The van der Waals surface area contributed by atoms with E-state index in [1.54, 1.807) is 12.1 Å². The van der Waals surface area contributed by atoms with Crippen LogP contribution in [0.15, 0.2) is 18.2 Å². The molecule has 0 aliphatic carbocycles.